The Labute approximate surface area is 135 Å². The van der Waals surface area contributed by atoms with Gasteiger partial charge in [0, 0.05) is 23.1 Å². The van der Waals surface area contributed by atoms with Crippen molar-refractivity contribution >= 4 is 17.1 Å². The van der Waals surface area contributed by atoms with Gasteiger partial charge in [0.25, 0.3) is 0 Å². The van der Waals surface area contributed by atoms with E-state index in [2.05, 4.69) is 60.9 Å². The quantitative estimate of drug-likeness (QED) is 0.538. The molecule has 118 valence electrons. The van der Waals surface area contributed by atoms with Gasteiger partial charge in [-0.1, -0.05) is 50.8 Å². The number of rotatable bonds is 9. The van der Waals surface area contributed by atoms with E-state index < -0.39 is 0 Å². The Balaban J connectivity index is 1.79. The van der Waals surface area contributed by atoms with Gasteiger partial charge in [-0.05, 0) is 49.7 Å². The predicted molar refractivity (Wildman–Crippen MR) is 98.0 cm³/mol. The molecule has 1 atom stereocenters. The van der Waals surface area contributed by atoms with Gasteiger partial charge < -0.3 is 10.6 Å². The highest BCUT2D eigenvalue weighted by Crippen LogP contribution is 2.19. The molecule has 2 N–H and O–H groups in total. The number of unbranched alkanes of at least 4 members (excludes halogenated alkanes) is 3. The summed E-state index contributed by atoms with van der Waals surface area (Å²) in [6, 6.07) is 19.3. The Morgan fingerprint density at radius 1 is 0.773 bits per heavy atom. The van der Waals surface area contributed by atoms with Crippen LogP contribution in [0.1, 0.15) is 46.0 Å². The number of benzene rings is 2. The minimum absolute atomic E-state index is 0.532. The maximum Gasteiger partial charge on any atom is 0.0385 e. The van der Waals surface area contributed by atoms with Gasteiger partial charge in [-0.25, -0.2) is 0 Å². The van der Waals surface area contributed by atoms with Crippen LogP contribution < -0.4 is 10.6 Å². The van der Waals surface area contributed by atoms with Crippen LogP contribution in [0.3, 0.4) is 0 Å². The summed E-state index contributed by atoms with van der Waals surface area (Å²) in [7, 11) is 0. The molecule has 0 fully saturated rings. The fourth-order valence-corrected chi connectivity index (χ4v) is 2.57. The zero-order chi connectivity index (χ0) is 15.6. The van der Waals surface area contributed by atoms with Gasteiger partial charge in [0.15, 0.2) is 0 Å². The molecule has 0 aliphatic rings. The molecule has 0 bridgehead atoms. The molecule has 0 amide bonds. The molecule has 2 rings (SSSR count). The van der Waals surface area contributed by atoms with Crippen molar-refractivity contribution in [3.05, 3.63) is 54.6 Å². The Bertz CT molecular complexity index is 519. The van der Waals surface area contributed by atoms with E-state index in [1.165, 1.54) is 37.8 Å². The van der Waals surface area contributed by atoms with Crippen molar-refractivity contribution in [3.8, 4) is 0 Å². The zero-order valence-electron chi connectivity index (χ0n) is 13.8. The Kier molecular flexibility index (Phi) is 6.82. The summed E-state index contributed by atoms with van der Waals surface area (Å²) in [6.45, 7) is 4.52. The van der Waals surface area contributed by atoms with Gasteiger partial charge in [-0.15, -0.1) is 0 Å². The van der Waals surface area contributed by atoms with Gasteiger partial charge in [0.1, 0.15) is 0 Å². The topological polar surface area (TPSA) is 24.1 Å². The van der Waals surface area contributed by atoms with Crippen LogP contribution in [0.5, 0.6) is 0 Å². The Morgan fingerprint density at radius 3 is 2.09 bits per heavy atom. The summed E-state index contributed by atoms with van der Waals surface area (Å²) in [4.78, 5) is 0. The van der Waals surface area contributed by atoms with E-state index in [0.29, 0.717) is 6.04 Å². The summed E-state index contributed by atoms with van der Waals surface area (Å²) in [5.41, 5.74) is 3.43. The zero-order valence-corrected chi connectivity index (χ0v) is 13.8. The predicted octanol–water partition coefficient (Wildman–Crippen LogP) is 6.20. The molecule has 2 aromatic carbocycles. The van der Waals surface area contributed by atoms with E-state index in [1.807, 2.05) is 18.2 Å². The summed E-state index contributed by atoms with van der Waals surface area (Å²) < 4.78 is 0. The summed E-state index contributed by atoms with van der Waals surface area (Å²) in [5, 5.41) is 6.99. The largest absolute Gasteiger partial charge is 0.383 e. The standard InChI is InChI=1S/C20H28N2/c1-3-4-5-7-10-17(2)21-19-13-15-20(16-14-19)22-18-11-8-6-9-12-18/h6,8-9,11-17,21-22H,3-5,7,10H2,1-2H3/t17-/m1/s1. The van der Waals surface area contributed by atoms with Crippen molar-refractivity contribution in [2.24, 2.45) is 0 Å². The number of anilines is 3. The van der Waals surface area contributed by atoms with E-state index in [0.717, 1.165) is 11.4 Å². The van der Waals surface area contributed by atoms with E-state index >= 15 is 0 Å². The highest BCUT2D eigenvalue weighted by atomic mass is 14.9. The SMILES string of the molecule is CCCCCC[C@@H](C)Nc1ccc(Nc2ccccc2)cc1. The molecule has 2 aromatic rings. The minimum Gasteiger partial charge on any atom is -0.383 e. The van der Waals surface area contributed by atoms with Crippen molar-refractivity contribution in [2.75, 3.05) is 10.6 Å². The molecule has 0 heterocycles. The first kappa shape index (κ1) is 16.4. The highest BCUT2D eigenvalue weighted by molar-refractivity contribution is 5.62. The fraction of sp³-hybridized carbons (Fsp3) is 0.400. The van der Waals surface area contributed by atoms with E-state index in [4.69, 9.17) is 0 Å². The van der Waals surface area contributed by atoms with Crippen LogP contribution in [0.4, 0.5) is 17.1 Å². The van der Waals surface area contributed by atoms with Gasteiger partial charge >= 0.3 is 0 Å². The second kappa shape index (κ2) is 9.14. The number of nitrogens with one attached hydrogen (secondary N) is 2. The monoisotopic (exact) mass is 296 g/mol. The summed E-state index contributed by atoms with van der Waals surface area (Å²) in [6.07, 6.45) is 6.56. The van der Waals surface area contributed by atoms with Crippen LogP contribution in [0.25, 0.3) is 0 Å². The van der Waals surface area contributed by atoms with Gasteiger partial charge in [-0.2, -0.15) is 0 Å². The average Bonchev–Trinajstić information content (AvgIpc) is 2.54. The van der Waals surface area contributed by atoms with E-state index in [1.54, 1.807) is 0 Å². The summed E-state index contributed by atoms with van der Waals surface area (Å²) in [5.74, 6) is 0. The van der Waals surface area contributed by atoms with Crippen molar-refractivity contribution in [1.29, 1.82) is 0 Å². The third-order valence-electron chi connectivity index (χ3n) is 3.85. The molecule has 0 unspecified atom stereocenters. The molecule has 0 aliphatic heterocycles. The second-order valence-corrected chi connectivity index (χ2v) is 5.96. The van der Waals surface area contributed by atoms with Crippen LogP contribution in [-0.4, -0.2) is 6.04 Å². The van der Waals surface area contributed by atoms with E-state index in [-0.39, 0.29) is 0 Å². The lowest BCUT2D eigenvalue weighted by Gasteiger charge is -2.15. The smallest absolute Gasteiger partial charge is 0.0385 e. The van der Waals surface area contributed by atoms with E-state index in [9.17, 15) is 0 Å². The van der Waals surface area contributed by atoms with Crippen molar-refractivity contribution in [1.82, 2.24) is 0 Å². The van der Waals surface area contributed by atoms with Crippen molar-refractivity contribution in [3.63, 3.8) is 0 Å². The van der Waals surface area contributed by atoms with Gasteiger partial charge in [-0.3, -0.25) is 0 Å². The van der Waals surface area contributed by atoms with Crippen LogP contribution in [0, 0.1) is 0 Å². The van der Waals surface area contributed by atoms with Crippen LogP contribution in [0.2, 0.25) is 0 Å². The lowest BCUT2D eigenvalue weighted by atomic mass is 10.1. The molecule has 0 radical (unpaired) electrons. The number of para-hydroxylation sites is 1. The molecular weight excluding hydrogens is 268 g/mol. The maximum atomic E-state index is 3.58. The van der Waals surface area contributed by atoms with Crippen LogP contribution in [-0.2, 0) is 0 Å². The lowest BCUT2D eigenvalue weighted by Crippen LogP contribution is -2.14. The minimum atomic E-state index is 0.532. The molecule has 2 nitrogen and oxygen atoms in total. The first-order valence-electron chi connectivity index (χ1n) is 8.46. The first-order chi connectivity index (χ1) is 10.8. The second-order valence-electron chi connectivity index (χ2n) is 5.96. The first-order valence-corrected chi connectivity index (χ1v) is 8.46. The molecular formula is C20H28N2. The van der Waals surface area contributed by atoms with Crippen molar-refractivity contribution in [2.45, 2.75) is 52.0 Å². The third kappa shape index (κ3) is 5.80. The van der Waals surface area contributed by atoms with Crippen LogP contribution in [0.15, 0.2) is 54.6 Å². The Morgan fingerprint density at radius 2 is 1.41 bits per heavy atom. The normalized spacial score (nSPS) is 11.9. The van der Waals surface area contributed by atoms with Crippen molar-refractivity contribution < 1.29 is 0 Å². The molecule has 22 heavy (non-hydrogen) atoms. The Hall–Kier alpha value is -1.96. The van der Waals surface area contributed by atoms with Gasteiger partial charge in [0.05, 0.1) is 0 Å². The molecule has 0 aromatic heterocycles. The van der Waals surface area contributed by atoms with Gasteiger partial charge in [0.2, 0.25) is 0 Å². The molecule has 2 heteroatoms. The number of hydrogen-bond donors (Lipinski definition) is 2. The lowest BCUT2D eigenvalue weighted by molar-refractivity contribution is 0.594. The molecule has 0 spiro atoms. The molecule has 0 saturated heterocycles. The fourth-order valence-electron chi connectivity index (χ4n) is 2.57. The number of hydrogen-bond acceptors (Lipinski definition) is 2. The average molecular weight is 296 g/mol. The molecule has 0 aliphatic carbocycles. The highest BCUT2D eigenvalue weighted by Gasteiger charge is 2.02. The summed E-state index contributed by atoms with van der Waals surface area (Å²) >= 11 is 0. The third-order valence-corrected chi connectivity index (χ3v) is 3.85. The molecule has 0 saturated carbocycles. The maximum absolute atomic E-state index is 3.58. The van der Waals surface area contributed by atoms with Crippen LogP contribution >= 0.6 is 0 Å².